The maximum atomic E-state index is 14.5. The summed E-state index contributed by atoms with van der Waals surface area (Å²) in [4.78, 5) is 6.22. The fourth-order valence-electron chi connectivity index (χ4n) is 2.81. The Bertz CT molecular complexity index is 614. The summed E-state index contributed by atoms with van der Waals surface area (Å²) in [6.45, 7) is 4.46. The minimum Gasteiger partial charge on any atom is -0.398 e. The van der Waals surface area contributed by atoms with Gasteiger partial charge < -0.3 is 15.7 Å². The van der Waals surface area contributed by atoms with Gasteiger partial charge in [0, 0.05) is 29.9 Å². The molecule has 2 aromatic rings. The Morgan fingerprint density at radius 2 is 2.10 bits per heavy atom. The number of halogens is 1. The molecule has 0 aliphatic heterocycles. The number of aliphatic hydroxyl groups excluding tert-OH is 1. The molecule has 0 amide bonds. The molecule has 1 heterocycles. The zero-order chi connectivity index (χ0) is 15.4. The molecule has 3 N–H and O–H groups in total. The maximum Gasteiger partial charge on any atom is 0.150 e. The number of anilines is 2. The van der Waals surface area contributed by atoms with Gasteiger partial charge in [0.15, 0.2) is 5.82 Å². The minimum atomic E-state index is -0.390. The topological polar surface area (TPSA) is 62.4 Å². The maximum absolute atomic E-state index is 14.5. The van der Waals surface area contributed by atoms with Crippen molar-refractivity contribution in [1.29, 1.82) is 0 Å². The van der Waals surface area contributed by atoms with Crippen LogP contribution in [0.2, 0.25) is 0 Å². The van der Waals surface area contributed by atoms with Crippen LogP contribution in [0.1, 0.15) is 26.7 Å². The van der Waals surface area contributed by atoms with Crippen LogP contribution in [-0.2, 0) is 0 Å². The zero-order valence-electron chi connectivity index (χ0n) is 12.5. The average molecular weight is 291 g/mol. The predicted octanol–water partition coefficient (Wildman–Crippen LogP) is 2.94. The Morgan fingerprint density at radius 3 is 2.71 bits per heavy atom. The molecule has 0 atom stereocenters. The van der Waals surface area contributed by atoms with Crippen molar-refractivity contribution >= 4 is 22.3 Å². The molecule has 0 spiro atoms. The molecule has 5 heteroatoms. The van der Waals surface area contributed by atoms with E-state index in [-0.39, 0.29) is 18.5 Å². The summed E-state index contributed by atoms with van der Waals surface area (Å²) in [5.41, 5.74) is 7.26. The van der Waals surface area contributed by atoms with E-state index < -0.39 is 0 Å². The lowest BCUT2D eigenvalue weighted by Crippen LogP contribution is -2.37. The summed E-state index contributed by atoms with van der Waals surface area (Å²) in [5, 5.41) is 10.1. The Balaban J connectivity index is 2.67. The first kappa shape index (κ1) is 15.5. The third-order valence-corrected chi connectivity index (χ3v) is 3.86. The van der Waals surface area contributed by atoms with Crippen LogP contribution in [0.3, 0.4) is 0 Å². The smallest absolute Gasteiger partial charge is 0.150 e. The summed E-state index contributed by atoms with van der Waals surface area (Å²) in [6.07, 6.45) is 3.37. The molecule has 0 saturated carbocycles. The van der Waals surface area contributed by atoms with Gasteiger partial charge in [0.25, 0.3) is 0 Å². The molecular formula is C16H22FN3O. The fraction of sp³-hybridized carbons (Fsp3) is 0.438. The summed E-state index contributed by atoms with van der Waals surface area (Å²) < 4.78 is 14.5. The predicted molar refractivity (Wildman–Crippen MR) is 84.9 cm³/mol. The van der Waals surface area contributed by atoms with Crippen LogP contribution in [0.15, 0.2) is 24.4 Å². The number of nitrogens with two attached hydrogens (primary N) is 1. The van der Waals surface area contributed by atoms with Gasteiger partial charge >= 0.3 is 0 Å². The van der Waals surface area contributed by atoms with Crippen molar-refractivity contribution in [2.45, 2.75) is 32.7 Å². The summed E-state index contributed by atoms with van der Waals surface area (Å²) >= 11 is 0. The van der Waals surface area contributed by atoms with Crippen molar-refractivity contribution in [3.63, 3.8) is 0 Å². The van der Waals surface area contributed by atoms with Crippen molar-refractivity contribution in [3.8, 4) is 0 Å². The molecule has 21 heavy (non-hydrogen) atoms. The molecular weight excluding hydrogens is 269 g/mol. The van der Waals surface area contributed by atoms with Crippen molar-refractivity contribution in [2.24, 2.45) is 0 Å². The lowest BCUT2D eigenvalue weighted by Gasteiger charge is -2.33. The standard InChI is InChI=1S/C16H22FN3O/c1-3-11(4-2)20(8-9-21)16-13(17)10-14(18)12-6-5-7-19-15(12)16/h5-7,10-11,21H,3-4,8-9,18H2,1-2H3. The molecule has 114 valence electrons. The summed E-state index contributed by atoms with van der Waals surface area (Å²) in [5.74, 6) is -0.390. The van der Waals surface area contributed by atoms with Crippen molar-refractivity contribution in [1.82, 2.24) is 4.98 Å². The van der Waals surface area contributed by atoms with E-state index in [1.165, 1.54) is 6.07 Å². The van der Waals surface area contributed by atoms with Crippen LogP contribution in [0.4, 0.5) is 15.8 Å². The van der Waals surface area contributed by atoms with Gasteiger partial charge in [-0.25, -0.2) is 4.39 Å². The van der Waals surface area contributed by atoms with Crippen LogP contribution in [0, 0.1) is 5.82 Å². The second-order valence-electron chi connectivity index (χ2n) is 5.08. The number of hydrogen-bond donors (Lipinski definition) is 2. The molecule has 0 fully saturated rings. The SMILES string of the molecule is CCC(CC)N(CCO)c1c(F)cc(N)c2cccnc12. The van der Waals surface area contributed by atoms with E-state index in [0.717, 1.165) is 18.2 Å². The van der Waals surface area contributed by atoms with Gasteiger partial charge in [-0.05, 0) is 31.0 Å². The number of aromatic nitrogens is 1. The number of benzene rings is 1. The zero-order valence-corrected chi connectivity index (χ0v) is 12.5. The van der Waals surface area contributed by atoms with Gasteiger partial charge in [0.1, 0.15) is 5.69 Å². The number of hydrogen-bond acceptors (Lipinski definition) is 4. The number of aliphatic hydroxyl groups is 1. The Morgan fingerprint density at radius 1 is 1.38 bits per heavy atom. The van der Waals surface area contributed by atoms with E-state index in [0.29, 0.717) is 23.4 Å². The molecule has 1 aromatic heterocycles. The normalized spacial score (nSPS) is 11.3. The number of rotatable bonds is 6. The van der Waals surface area contributed by atoms with Crippen LogP contribution in [-0.4, -0.2) is 29.3 Å². The van der Waals surface area contributed by atoms with Gasteiger partial charge in [-0.2, -0.15) is 0 Å². The Labute approximate surface area is 124 Å². The molecule has 2 rings (SSSR count). The van der Waals surface area contributed by atoms with Crippen molar-refractivity contribution in [3.05, 3.63) is 30.2 Å². The highest BCUT2D eigenvalue weighted by Crippen LogP contribution is 2.34. The minimum absolute atomic E-state index is 0.0331. The van der Waals surface area contributed by atoms with E-state index in [4.69, 9.17) is 5.73 Å². The number of pyridine rings is 1. The number of fused-ring (bicyclic) bond motifs is 1. The first-order valence-electron chi connectivity index (χ1n) is 7.34. The summed E-state index contributed by atoms with van der Waals surface area (Å²) in [6, 6.07) is 5.12. The number of nitrogens with zero attached hydrogens (tertiary/aromatic N) is 2. The highest BCUT2D eigenvalue weighted by molar-refractivity contribution is 5.99. The highest BCUT2D eigenvalue weighted by Gasteiger charge is 2.22. The third-order valence-electron chi connectivity index (χ3n) is 3.86. The fourth-order valence-corrected chi connectivity index (χ4v) is 2.81. The summed E-state index contributed by atoms with van der Waals surface area (Å²) in [7, 11) is 0. The molecule has 0 aliphatic carbocycles. The van der Waals surface area contributed by atoms with E-state index in [9.17, 15) is 9.50 Å². The molecule has 0 bridgehead atoms. The van der Waals surface area contributed by atoms with Crippen molar-refractivity contribution < 1.29 is 9.50 Å². The van der Waals surface area contributed by atoms with Gasteiger partial charge in [0.2, 0.25) is 0 Å². The second-order valence-corrected chi connectivity index (χ2v) is 5.08. The van der Waals surface area contributed by atoms with E-state index >= 15 is 0 Å². The largest absolute Gasteiger partial charge is 0.398 e. The van der Waals surface area contributed by atoms with Crippen LogP contribution in [0.5, 0.6) is 0 Å². The van der Waals surface area contributed by atoms with Gasteiger partial charge in [0.05, 0.1) is 12.1 Å². The van der Waals surface area contributed by atoms with Crippen LogP contribution in [0.25, 0.3) is 10.9 Å². The molecule has 4 nitrogen and oxygen atoms in total. The van der Waals surface area contributed by atoms with Gasteiger partial charge in [-0.1, -0.05) is 13.8 Å². The monoisotopic (exact) mass is 291 g/mol. The third kappa shape index (κ3) is 2.93. The lowest BCUT2D eigenvalue weighted by molar-refractivity contribution is 0.295. The molecule has 0 radical (unpaired) electrons. The van der Waals surface area contributed by atoms with Crippen LogP contribution < -0.4 is 10.6 Å². The molecule has 0 aliphatic rings. The van der Waals surface area contributed by atoms with E-state index in [2.05, 4.69) is 18.8 Å². The van der Waals surface area contributed by atoms with Gasteiger partial charge in [-0.3, -0.25) is 4.98 Å². The number of nitrogen functional groups attached to an aromatic ring is 1. The van der Waals surface area contributed by atoms with Crippen LogP contribution >= 0.6 is 0 Å². The Hall–Kier alpha value is -1.88. The molecule has 0 unspecified atom stereocenters. The Kier molecular flexibility index (Phi) is 4.96. The second kappa shape index (κ2) is 6.72. The highest BCUT2D eigenvalue weighted by atomic mass is 19.1. The molecule has 0 saturated heterocycles. The first-order valence-corrected chi connectivity index (χ1v) is 7.34. The lowest BCUT2D eigenvalue weighted by atomic mass is 10.1. The van der Waals surface area contributed by atoms with E-state index in [1.807, 2.05) is 11.0 Å². The first-order chi connectivity index (χ1) is 10.1. The average Bonchev–Trinajstić information content (AvgIpc) is 2.48. The molecule has 1 aromatic carbocycles. The van der Waals surface area contributed by atoms with Gasteiger partial charge in [-0.15, -0.1) is 0 Å². The van der Waals surface area contributed by atoms with E-state index in [1.54, 1.807) is 12.3 Å². The quantitative estimate of drug-likeness (QED) is 0.803. The van der Waals surface area contributed by atoms with Crippen molar-refractivity contribution in [2.75, 3.05) is 23.8 Å².